The van der Waals surface area contributed by atoms with Gasteiger partial charge in [-0.05, 0) is 31.4 Å². The van der Waals surface area contributed by atoms with E-state index in [4.69, 9.17) is 4.74 Å². The summed E-state index contributed by atoms with van der Waals surface area (Å²) in [6, 6.07) is 0. The molecule has 1 aromatic rings. The van der Waals surface area contributed by atoms with Crippen LogP contribution >= 0.6 is 11.8 Å². The molecule has 2 fully saturated rings. The van der Waals surface area contributed by atoms with Crippen molar-refractivity contribution < 1.29 is 9.13 Å². The van der Waals surface area contributed by atoms with E-state index < -0.39 is 23.3 Å². The maximum atomic E-state index is 13.8. The van der Waals surface area contributed by atoms with Crippen molar-refractivity contribution >= 4 is 11.8 Å². The van der Waals surface area contributed by atoms with Crippen molar-refractivity contribution in [2.24, 2.45) is 0 Å². The van der Waals surface area contributed by atoms with Gasteiger partial charge in [0, 0.05) is 6.61 Å². The van der Waals surface area contributed by atoms with Crippen molar-refractivity contribution in [3.05, 3.63) is 32.9 Å². The molecule has 1 aromatic heterocycles. The highest BCUT2D eigenvalue weighted by atomic mass is 32.2. The van der Waals surface area contributed by atoms with Crippen LogP contribution in [-0.2, 0) is 4.74 Å². The third-order valence-electron chi connectivity index (χ3n) is 3.51. The van der Waals surface area contributed by atoms with Crippen LogP contribution in [0.2, 0.25) is 0 Å². The molecule has 7 heteroatoms. The molecule has 0 aliphatic carbocycles. The van der Waals surface area contributed by atoms with E-state index in [0.29, 0.717) is 13.0 Å². The van der Waals surface area contributed by atoms with Crippen molar-refractivity contribution in [3.8, 4) is 0 Å². The van der Waals surface area contributed by atoms with E-state index in [9.17, 15) is 14.0 Å². The van der Waals surface area contributed by atoms with Crippen LogP contribution in [0.3, 0.4) is 0 Å². The summed E-state index contributed by atoms with van der Waals surface area (Å²) in [5.41, 5.74) is -1.28. The summed E-state index contributed by atoms with van der Waals surface area (Å²) >= 11 is 1.53. The lowest BCUT2D eigenvalue weighted by Crippen LogP contribution is -2.43. The lowest BCUT2D eigenvalue weighted by Gasteiger charge is -2.18. The van der Waals surface area contributed by atoms with E-state index >= 15 is 0 Å². The number of halogens is 1. The second-order valence-electron chi connectivity index (χ2n) is 4.78. The minimum Gasteiger partial charge on any atom is -0.358 e. The number of thioether (sulfide) groups is 1. The highest BCUT2D eigenvalue weighted by molar-refractivity contribution is 7.99. The van der Waals surface area contributed by atoms with Crippen LogP contribution in [0.4, 0.5) is 4.39 Å². The van der Waals surface area contributed by atoms with Gasteiger partial charge in [-0.1, -0.05) is 0 Å². The molecule has 0 spiro atoms. The third kappa shape index (κ3) is 2.25. The van der Waals surface area contributed by atoms with Crippen molar-refractivity contribution in [1.29, 1.82) is 0 Å². The van der Waals surface area contributed by atoms with E-state index in [-0.39, 0.29) is 5.37 Å². The topological polar surface area (TPSA) is 53.2 Å². The van der Waals surface area contributed by atoms with Gasteiger partial charge < -0.3 is 4.74 Å². The zero-order valence-electron chi connectivity index (χ0n) is 10.4. The zero-order chi connectivity index (χ0) is 13.4. The van der Waals surface area contributed by atoms with E-state index in [2.05, 4.69) is 0 Å². The number of rotatable bonds is 2. The van der Waals surface area contributed by atoms with Crippen molar-refractivity contribution in [1.82, 2.24) is 9.13 Å². The summed E-state index contributed by atoms with van der Waals surface area (Å²) in [5, 5.41) is -0.247. The first kappa shape index (κ1) is 12.9. The maximum Gasteiger partial charge on any atom is 0.334 e. The van der Waals surface area contributed by atoms with Crippen LogP contribution in [0.15, 0.2) is 15.8 Å². The molecule has 0 saturated carbocycles. The molecule has 2 saturated heterocycles. The Balaban J connectivity index is 2.11. The molecule has 5 nitrogen and oxygen atoms in total. The molecule has 0 aromatic carbocycles. The SMILES string of the molecule is O=c1c(F)cn(C2CCCO2)c(=O)n1C1CCCS1. The van der Waals surface area contributed by atoms with Crippen molar-refractivity contribution in [2.75, 3.05) is 12.4 Å². The van der Waals surface area contributed by atoms with Gasteiger partial charge in [0.1, 0.15) is 6.23 Å². The van der Waals surface area contributed by atoms with Gasteiger partial charge in [-0.2, -0.15) is 4.39 Å². The van der Waals surface area contributed by atoms with Crippen LogP contribution in [0.5, 0.6) is 0 Å². The summed E-state index contributed by atoms with van der Waals surface area (Å²) in [6.45, 7) is 0.566. The fourth-order valence-corrected chi connectivity index (χ4v) is 3.84. The summed E-state index contributed by atoms with van der Waals surface area (Å²) in [4.78, 5) is 24.2. The zero-order valence-corrected chi connectivity index (χ0v) is 11.2. The first-order chi connectivity index (χ1) is 9.18. The molecule has 0 N–H and O–H groups in total. The predicted molar refractivity (Wildman–Crippen MR) is 69.9 cm³/mol. The van der Waals surface area contributed by atoms with Crippen molar-refractivity contribution in [2.45, 2.75) is 37.3 Å². The minimum atomic E-state index is -0.886. The largest absolute Gasteiger partial charge is 0.358 e. The number of nitrogens with zero attached hydrogens (tertiary/aromatic N) is 2. The Morgan fingerprint density at radius 2 is 2.16 bits per heavy atom. The van der Waals surface area contributed by atoms with Crippen LogP contribution in [0, 0.1) is 5.82 Å². The quantitative estimate of drug-likeness (QED) is 0.826. The predicted octanol–water partition coefficient (Wildman–Crippen LogP) is 1.48. The Morgan fingerprint density at radius 3 is 2.79 bits per heavy atom. The Labute approximate surface area is 113 Å². The maximum absolute atomic E-state index is 13.8. The van der Waals surface area contributed by atoms with Gasteiger partial charge >= 0.3 is 5.69 Å². The molecule has 2 unspecified atom stereocenters. The Hall–Kier alpha value is -1.08. The molecule has 104 valence electrons. The number of aromatic nitrogens is 2. The fourth-order valence-electron chi connectivity index (χ4n) is 2.56. The molecule has 0 radical (unpaired) electrons. The molecule has 3 rings (SSSR count). The fraction of sp³-hybridized carbons (Fsp3) is 0.667. The van der Waals surface area contributed by atoms with Crippen LogP contribution < -0.4 is 11.2 Å². The number of ether oxygens (including phenoxy) is 1. The molecule has 0 bridgehead atoms. The second kappa shape index (κ2) is 5.13. The van der Waals surface area contributed by atoms with Gasteiger partial charge in [-0.3, -0.25) is 9.36 Å². The number of hydrogen-bond donors (Lipinski definition) is 0. The Kier molecular flexibility index (Phi) is 3.49. The van der Waals surface area contributed by atoms with Gasteiger partial charge in [0.05, 0.1) is 11.6 Å². The average molecular weight is 286 g/mol. The van der Waals surface area contributed by atoms with E-state index in [0.717, 1.165) is 35.8 Å². The average Bonchev–Trinajstić information content (AvgIpc) is 3.06. The van der Waals surface area contributed by atoms with Crippen LogP contribution in [0.1, 0.15) is 37.3 Å². The molecule has 3 heterocycles. The van der Waals surface area contributed by atoms with Gasteiger partial charge in [0.2, 0.25) is 5.82 Å². The highest BCUT2D eigenvalue weighted by Gasteiger charge is 2.27. The van der Waals surface area contributed by atoms with Gasteiger partial charge in [0.15, 0.2) is 0 Å². The van der Waals surface area contributed by atoms with Gasteiger partial charge in [0.25, 0.3) is 5.56 Å². The molecule has 19 heavy (non-hydrogen) atoms. The first-order valence-corrected chi connectivity index (χ1v) is 7.50. The number of hydrogen-bond acceptors (Lipinski definition) is 4. The molecular formula is C12H15FN2O3S. The molecule has 0 amide bonds. The Morgan fingerprint density at radius 1 is 1.32 bits per heavy atom. The van der Waals surface area contributed by atoms with E-state index in [1.165, 1.54) is 16.3 Å². The molecular weight excluding hydrogens is 271 g/mol. The van der Waals surface area contributed by atoms with Crippen LogP contribution in [-0.4, -0.2) is 21.5 Å². The first-order valence-electron chi connectivity index (χ1n) is 6.45. The Bertz CT molecular complexity index is 586. The smallest absolute Gasteiger partial charge is 0.334 e. The van der Waals surface area contributed by atoms with Crippen LogP contribution in [0.25, 0.3) is 0 Å². The molecule has 2 atom stereocenters. The van der Waals surface area contributed by atoms with E-state index in [1.807, 2.05) is 0 Å². The summed E-state index contributed by atoms with van der Waals surface area (Å²) < 4.78 is 21.5. The standard InChI is InChI=1S/C12H15FN2O3S/c13-8-7-14(9-3-1-5-18-9)12(17)15(11(8)16)10-4-2-6-19-10/h7,9-10H,1-6H2. The summed E-state index contributed by atoms with van der Waals surface area (Å²) in [7, 11) is 0. The highest BCUT2D eigenvalue weighted by Crippen LogP contribution is 2.33. The monoisotopic (exact) mass is 286 g/mol. The normalized spacial score (nSPS) is 27.0. The van der Waals surface area contributed by atoms with E-state index in [1.54, 1.807) is 0 Å². The molecule has 2 aliphatic rings. The summed E-state index contributed by atoms with van der Waals surface area (Å²) in [5.74, 6) is 0.00934. The third-order valence-corrected chi connectivity index (χ3v) is 4.87. The van der Waals surface area contributed by atoms with Crippen molar-refractivity contribution in [3.63, 3.8) is 0 Å². The lowest BCUT2D eigenvalue weighted by atomic mass is 10.3. The second-order valence-corrected chi connectivity index (χ2v) is 6.06. The summed E-state index contributed by atoms with van der Waals surface area (Å²) in [6.07, 6.45) is 3.73. The minimum absolute atomic E-state index is 0.247. The van der Waals surface area contributed by atoms with Gasteiger partial charge in [-0.15, -0.1) is 11.8 Å². The van der Waals surface area contributed by atoms with Gasteiger partial charge in [-0.25, -0.2) is 9.36 Å². The lowest BCUT2D eigenvalue weighted by molar-refractivity contribution is 0.0502. The molecule has 2 aliphatic heterocycles.